The van der Waals surface area contributed by atoms with Crippen molar-refractivity contribution in [2.75, 3.05) is 9.80 Å². The van der Waals surface area contributed by atoms with Gasteiger partial charge in [-0.05, 0) is 193 Å². The molecule has 4 aliphatic rings. The van der Waals surface area contributed by atoms with Crippen molar-refractivity contribution in [2.24, 2.45) is 0 Å². The highest BCUT2D eigenvalue weighted by Gasteiger charge is 2.46. The summed E-state index contributed by atoms with van der Waals surface area (Å²) < 4.78 is 0. The van der Waals surface area contributed by atoms with E-state index in [-0.39, 0.29) is 6.71 Å². The second-order valence-corrected chi connectivity index (χ2v) is 20.0. The molecule has 0 fully saturated rings. The van der Waals surface area contributed by atoms with Gasteiger partial charge in [-0.15, -0.1) is 0 Å². The summed E-state index contributed by atoms with van der Waals surface area (Å²) in [6.07, 6.45) is 9.43. The van der Waals surface area contributed by atoms with Crippen molar-refractivity contribution in [3.05, 3.63) is 197 Å². The van der Waals surface area contributed by atoms with E-state index in [2.05, 4.69) is 187 Å². The Balaban J connectivity index is 1.11. The molecule has 2 aliphatic heterocycles. The molecule has 2 nitrogen and oxygen atoms in total. The van der Waals surface area contributed by atoms with E-state index >= 15 is 0 Å². The van der Waals surface area contributed by atoms with E-state index in [0.717, 1.165) is 25.7 Å². The predicted octanol–water partition coefficient (Wildman–Crippen LogP) is 15.1. The van der Waals surface area contributed by atoms with Crippen molar-refractivity contribution in [1.29, 1.82) is 0 Å². The fraction of sp³-hybridized carbons (Fsp3) is 0.156. The van der Waals surface area contributed by atoms with Crippen molar-refractivity contribution < 1.29 is 0 Å². The first-order chi connectivity index (χ1) is 33.1. The first-order valence-corrected chi connectivity index (χ1v) is 24.8. The third-order valence-corrected chi connectivity index (χ3v) is 16.6. The van der Waals surface area contributed by atoms with Gasteiger partial charge in [0.05, 0.1) is 11.4 Å². The van der Waals surface area contributed by atoms with E-state index in [1.165, 1.54) is 152 Å². The lowest BCUT2D eigenvalue weighted by atomic mass is 9.32. The average Bonchev–Trinajstić information content (AvgIpc) is 3.39. The third kappa shape index (κ3) is 5.07. The topological polar surface area (TPSA) is 6.48 Å². The number of anilines is 6. The van der Waals surface area contributed by atoms with Crippen LogP contribution in [0.3, 0.4) is 0 Å². The average molecular weight is 857 g/mol. The summed E-state index contributed by atoms with van der Waals surface area (Å²) in [5.74, 6) is 0. The first-order valence-electron chi connectivity index (χ1n) is 24.8. The molecule has 0 amide bonds. The van der Waals surface area contributed by atoms with Crippen molar-refractivity contribution in [3.63, 3.8) is 0 Å². The minimum Gasteiger partial charge on any atom is -0.311 e. The molecule has 0 saturated heterocycles. The normalized spacial score (nSPS) is 15.0. The minimum atomic E-state index is 0.0839. The van der Waals surface area contributed by atoms with Gasteiger partial charge in [-0.3, -0.25) is 0 Å². The fourth-order valence-corrected chi connectivity index (χ4v) is 14.0. The third-order valence-electron chi connectivity index (χ3n) is 16.6. The molecule has 11 aromatic carbocycles. The van der Waals surface area contributed by atoms with Gasteiger partial charge in [-0.2, -0.15) is 0 Å². The lowest BCUT2D eigenvalue weighted by Gasteiger charge is -2.47. The Morgan fingerprint density at radius 2 is 0.627 bits per heavy atom. The van der Waals surface area contributed by atoms with Gasteiger partial charge >= 0.3 is 0 Å². The van der Waals surface area contributed by atoms with Crippen LogP contribution in [0.1, 0.15) is 59.1 Å². The molecule has 0 bridgehead atoms. The summed E-state index contributed by atoms with van der Waals surface area (Å²) in [7, 11) is 0. The molecule has 0 radical (unpaired) electrons. The van der Waals surface area contributed by atoms with Crippen LogP contribution in [-0.2, 0) is 25.7 Å². The molecule has 0 spiro atoms. The van der Waals surface area contributed by atoms with E-state index in [1.807, 2.05) is 0 Å². The molecule has 0 saturated carbocycles. The molecule has 2 aliphatic carbocycles. The van der Waals surface area contributed by atoms with Gasteiger partial charge in [-0.25, -0.2) is 0 Å². The smallest absolute Gasteiger partial charge is 0.252 e. The number of benzene rings is 11. The molecule has 11 aromatic rings. The number of nitrogens with zero attached hydrogens (tertiary/aromatic N) is 2. The van der Waals surface area contributed by atoms with Crippen LogP contribution < -0.4 is 26.2 Å². The largest absolute Gasteiger partial charge is 0.311 e. The summed E-state index contributed by atoms with van der Waals surface area (Å²) in [5.41, 5.74) is 21.5. The highest BCUT2D eigenvalue weighted by Crippen LogP contribution is 2.53. The van der Waals surface area contributed by atoms with E-state index < -0.39 is 0 Å². The van der Waals surface area contributed by atoms with Crippen LogP contribution >= 0.6 is 0 Å². The van der Waals surface area contributed by atoms with Gasteiger partial charge in [0.25, 0.3) is 6.71 Å². The highest BCUT2D eigenvalue weighted by molar-refractivity contribution is 7.00. The van der Waals surface area contributed by atoms with E-state index in [4.69, 9.17) is 0 Å². The monoisotopic (exact) mass is 856 g/mol. The van der Waals surface area contributed by atoms with Crippen LogP contribution in [0.5, 0.6) is 0 Å². The Labute approximate surface area is 392 Å². The number of fused-ring (bicyclic) bond motifs is 20. The lowest BCUT2D eigenvalue weighted by Crippen LogP contribution is -2.62. The van der Waals surface area contributed by atoms with Crippen molar-refractivity contribution >= 4 is 122 Å². The van der Waals surface area contributed by atoms with Crippen molar-refractivity contribution in [1.82, 2.24) is 0 Å². The number of rotatable bonds is 2. The minimum absolute atomic E-state index is 0.0839. The fourth-order valence-electron chi connectivity index (χ4n) is 14.0. The quantitative estimate of drug-likeness (QED) is 0.126. The number of hydrogen-bond donors (Lipinski definition) is 0. The van der Waals surface area contributed by atoms with E-state index in [1.54, 1.807) is 22.3 Å². The van der Waals surface area contributed by atoms with Gasteiger partial charge in [0, 0.05) is 33.5 Å². The second-order valence-electron chi connectivity index (χ2n) is 20.0. The maximum atomic E-state index is 2.76. The zero-order chi connectivity index (χ0) is 44.1. The van der Waals surface area contributed by atoms with Gasteiger partial charge in [0.2, 0.25) is 0 Å². The van der Waals surface area contributed by atoms with Gasteiger partial charge in [0.15, 0.2) is 0 Å². The van der Waals surface area contributed by atoms with Crippen molar-refractivity contribution in [2.45, 2.75) is 65.2 Å². The van der Waals surface area contributed by atoms with Crippen LogP contribution in [0, 0.1) is 13.8 Å². The maximum absolute atomic E-state index is 2.76. The Hall–Kier alpha value is -7.36. The predicted molar refractivity (Wildman–Crippen MR) is 288 cm³/mol. The molecule has 2 heterocycles. The summed E-state index contributed by atoms with van der Waals surface area (Å²) in [6.45, 7) is 4.90. The first kappa shape index (κ1) is 37.8. The Morgan fingerprint density at radius 3 is 1.01 bits per heavy atom. The molecular formula is C64H49BN2. The molecule has 3 heteroatoms. The molecular weight excluding hydrogens is 808 g/mol. The Kier molecular flexibility index (Phi) is 7.95. The van der Waals surface area contributed by atoms with Crippen molar-refractivity contribution in [3.8, 4) is 0 Å². The summed E-state index contributed by atoms with van der Waals surface area (Å²) in [5, 5.41) is 15.8. The molecule has 15 rings (SSSR count). The van der Waals surface area contributed by atoms with Gasteiger partial charge in [0.1, 0.15) is 0 Å². The standard InChI is InChI=1S/C64H49BN2/c1-38-36-54-63(52-28-13-3-18-40(38)52)66(56-32-15-30-50-46-22-7-5-20-42(46)44-24-9-11-26-48(44)60(50)56)58-34-17-35-59-62(58)65(54)55-37-39(2)41-19-4-14-29-53(41)64(55)67(59)57-33-16-31-51-47-23-8-6-21-43(47)45-25-10-12-27-49(45)61(51)57/h5-12,15-17,20-27,30-37H,3-4,13-14,18-19,28-29H2,1-2H3. The molecule has 0 N–H and O–H groups in total. The second kappa shape index (κ2) is 14.1. The maximum Gasteiger partial charge on any atom is 0.252 e. The summed E-state index contributed by atoms with van der Waals surface area (Å²) in [6, 6.07) is 63.2. The summed E-state index contributed by atoms with van der Waals surface area (Å²) >= 11 is 0. The zero-order valence-corrected chi connectivity index (χ0v) is 38.2. The van der Waals surface area contributed by atoms with Crippen LogP contribution in [0.2, 0.25) is 0 Å². The van der Waals surface area contributed by atoms with Gasteiger partial charge < -0.3 is 9.80 Å². The van der Waals surface area contributed by atoms with E-state index in [0.29, 0.717) is 0 Å². The van der Waals surface area contributed by atoms with Crippen LogP contribution in [0.15, 0.2) is 164 Å². The van der Waals surface area contributed by atoms with Gasteiger partial charge in [-0.1, -0.05) is 140 Å². The van der Waals surface area contributed by atoms with Crippen LogP contribution in [-0.4, -0.2) is 6.71 Å². The summed E-state index contributed by atoms with van der Waals surface area (Å²) in [4.78, 5) is 5.52. The molecule has 0 aromatic heterocycles. The highest BCUT2D eigenvalue weighted by atomic mass is 15.2. The Morgan fingerprint density at radius 1 is 0.328 bits per heavy atom. The van der Waals surface area contributed by atoms with E-state index in [9.17, 15) is 0 Å². The molecule has 318 valence electrons. The molecule has 67 heavy (non-hydrogen) atoms. The number of hydrogen-bond acceptors (Lipinski definition) is 2. The SMILES string of the molecule is Cc1cc2c(c3c1CCCC3)N(c1cccc3c4ccccc4c4ccccc4c13)c1cccc3c1B2c1cc(C)c2c(c1N3c1cccc3c4ccccc4c4ccccc4c13)CCCC2. The zero-order valence-electron chi connectivity index (χ0n) is 38.2. The molecule has 0 unspecified atom stereocenters. The van der Waals surface area contributed by atoms with Crippen LogP contribution in [0.4, 0.5) is 34.1 Å². The lowest BCUT2D eigenvalue weighted by molar-refractivity contribution is 0.682. The number of aryl methyl sites for hydroxylation is 2. The Bertz CT molecular complexity index is 3650. The molecule has 0 atom stereocenters. The van der Waals surface area contributed by atoms with Crippen LogP contribution in [0.25, 0.3) is 64.6 Å².